The van der Waals surface area contributed by atoms with Crippen molar-refractivity contribution in [2.24, 2.45) is 0 Å². The van der Waals surface area contributed by atoms with E-state index in [1.165, 1.54) is 17.4 Å². The predicted octanol–water partition coefficient (Wildman–Crippen LogP) is 5.42. The molecule has 172 valence electrons. The van der Waals surface area contributed by atoms with Crippen molar-refractivity contribution < 1.29 is 13.2 Å². The number of sulfonamides is 1. The number of rotatable bonds is 9. The maximum absolute atomic E-state index is 13.6. The largest absolute Gasteiger partial charge is 0.340 e. The normalized spacial score (nSPS) is 11.4. The molecule has 0 radical (unpaired) electrons. The van der Waals surface area contributed by atoms with Crippen LogP contribution in [0.4, 0.5) is 11.5 Å². The van der Waals surface area contributed by atoms with Crippen LogP contribution in [0.1, 0.15) is 28.4 Å². The Morgan fingerprint density at radius 2 is 1.44 bits per heavy atom. The molecule has 1 aromatic heterocycles. The summed E-state index contributed by atoms with van der Waals surface area (Å²) in [4.78, 5) is 16.0. The van der Waals surface area contributed by atoms with E-state index < -0.39 is 10.0 Å². The monoisotopic (exact) mass is 471 g/mol. The Kier molecular flexibility index (Phi) is 7.15. The highest BCUT2D eigenvalue weighted by molar-refractivity contribution is 7.89. The van der Waals surface area contributed by atoms with Crippen LogP contribution < -0.4 is 5.32 Å². The minimum Gasteiger partial charge on any atom is -0.340 e. The van der Waals surface area contributed by atoms with Crippen molar-refractivity contribution in [2.45, 2.75) is 24.9 Å². The van der Waals surface area contributed by atoms with Crippen LogP contribution >= 0.6 is 0 Å². The third kappa shape index (κ3) is 5.75. The van der Waals surface area contributed by atoms with Gasteiger partial charge in [0.05, 0.1) is 0 Å². The topological polar surface area (TPSA) is 79.4 Å². The van der Waals surface area contributed by atoms with E-state index in [0.717, 1.165) is 11.1 Å². The maximum atomic E-state index is 13.6. The number of ketones is 1. The van der Waals surface area contributed by atoms with Crippen LogP contribution in [0.3, 0.4) is 0 Å². The molecule has 0 saturated heterocycles. The molecule has 4 rings (SSSR count). The van der Waals surface area contributed by atoms with Crippen LogP contribution in [-0.2, 0) is 23.1 Å². The van der Waals surface area contributed by atoms with E-state index >= 15 is 0 Å². The smallest absolute Gasteiger partial charge is 0.245 e. The third-order valence-electron chi connectivity index (χ3n) is 5.32. The minimum atomic E-state index is -3.81. The highest BCUT2D eigenvalue weighted by Gasteiger charge is 2.25. The van der Waals surface area contributed by atoms with E-state index in [-0.39, 0.29) is 23.8 Å². The van der Waals surface area contributed by atoms with Gasteiger partial charge in [0.1, 0.15) is 10.7 Å². The van der Waals surface area contributed by atoms with Gasteiger partial charge >= 0.3 is 0 Å². The van der Waals surface area contributed by atoms with Crippen molar-refractivity contribution in [1.82, 2.24) is 9.29 Å². The summed E-state index contributed by atoms with van der Waals surface area (Å²) in [6, 6.07) is 29.3. The standard InChI is InChI=1S/C27H25N3O3S/c1-21(31)24-13-8-14-25(17-24)29-27-16-15-26(18-28-27)34(32,33)30(19-22-9-4-2-5-10-22)20-23-11-6-3-7-12-23/h2-18H,19-20H2,1H3,(H,28,29). The zero-order chi connectivity index (χ0) is 24.0. The van der Waals surface area contributed by atoms with E-state index in [0.29, 0.717) is 17.1 Å². The van der Waals surface area contributed by atoms with Crippen molar-refractivity contribution >= 4 is 27.3 Å². The summed E-state index contributed by atoms with van der Waals surface area (Å²) in [5.74, 6) is 0.451. The molecule has 34 heavy (non-hydrogen) atoms. The van der Waals surface area contributed by atoms with Gasteiger partial charge in [-0.1, -0.05) is 72.8 Å². The summed E-state index contributed by atoms with van der Waals surface area (Å²) in [5.41, 5.74) is 3.09. The number of carbonyl (C=O) groups excluding carboxylic acids is 1. The SMILES string of the molecule is CC(=O)c1cccc(Nc2ccc(S(=O)(=O)N(Cc3ccccc3)Cc3ccccc3)cn2)c1. The number of aromatic nitrogens is 1. The number of Topliss-reactive ketones (excluding diaryl/α,β-unsaturated/α-hetero) is 1. The van der Waals surface area contributed by atoms with E-state index in [2.05, 4.69) is 10.3 Å². The van der Waals surface area contributed by atoms with Gasteiger partial charge in [0, 0.05) is 30.5 Å². The van der Waals surface area contributed by atoms with Crippen LogP contribution in [0.15, 0.2) is 108 Å². The summed E-state index contributed by atoms with van der Waals surface area (Å²) < 4.78 is 28.6. The lowest BCUT2D eigenvalue weighted by molar-refractivity contribution is 0.101. The predicted molar refractivity (Wildman–Crippen MR) is 133 cm³/mol. The highest BCUT2D eigenvalue weighted by Crippen LogP contribution is 2.23. The first-order valence-corrected chi connectivity index (χ1v) is 12.3. The quantitative estimate of drug-likeness (QED) is 0.330. The molecule has 0 amide bonds. The van der Waals surface area contributed by atoms with Gasteiger partial charge in [-0.15, -0.1) is 0 Å². The molecule has 1 N–H and O–H groups in total. The highest BCUT2D eigenvalue weighted by atomic mass is 32.2. The van der Waals surface area contributed by atoms with Crippen molar-refractivity contribution in [1.29, 1.82) is 0 Å². The van der Waals surface area contributed by atoms with Gasteiger partial charge in [0.2, 0.25) is 10.0 Å². The Bertz CT molecular complexity index is 1320. The fourth-order valence-corrected chi connectivity index (χ4v) is 4.88. The maximum Gasteiger partial charge on any atom is 0.245 e. The van der Waals surface area contributed by atoms with Gasteiger partial charge in [0.25, 0.3) is 0 Å². The molecule has 0 unspecified atom stereocenters. The summed E-state index contributed by atoms with van der Waals surface area (Å²) in [5, 5.41) is 3.11. The van der Waals surface area contributed by atoms with E-state index in [1.807, 2.05) is 66.7 Å². The van der Waals surface area contributed by atoms with E-state index in [9.17, 15) is 13.2 Å². The third-order valence-corrected chi connectivity index (χ3v) is 7.09. The molecule has 0 spiro atoms. The Labute approximate surface area is 200 Å². The second kappa shape index (κ2) is 10.4. The molecule has 3 aromatic carbocycles. The number of carbonyl (C=O) groups is 1. The van der Waals surface area contributed by atoms with E-state index in [4.69, 9.17) is 0 Å². The molecule has 0 bridgehead atoms. The minimum absolute atomic E-state index is 0.0324. The average Bonchev–Trinajstić information content (AvgIpc) is 2.85. The molecule has 7 heteroatoms. The Hall–Kier alpha value is -3.81. The second-order valence-electron chi connectivity index (χ2n) is 7.89. The number of nitrogens with zero attached hydrogens (tertiary/aromatic N) is 2. The number of hydrogen-bond donors (Lipinski definition) is 1. The summed E-state index contributed by atoms with van der Waals surface area (Å²) in [6.45, 7) is 2.00. The number of hydrogen-bond acceptors (Lipinski definition) is 5. The number of benzene rings is 3. The number of nitrogens with one attached hydrogen (secondary N) is 1. The molecule has 0 atom stereocenters. The van der Waals surface area contributed by atoms with Crippen molar-refractivity contribution in [3.05, 3.63) is 120 Å². The Balaban J connectivity index is 1.58. The second-order valence-corrected chi connectivity index (χ2v) is 9.82. The Morgan fingerprint density at radius 3 is 1.97 bits per heavy atom. The number of anilines is 2. The molecular weight excluding hydrogens is 446 g/mol. The lowest BCUT2D eigenvalue weighted by Crippen LogP contribution is -2.30. The first-order valence-electron chi connectivity index (χ1n) is 10.8. The van der Waals surface area contributed by atoms with Crippen molar-refractivity contribution in [2.75, 3.05) is 5.32 Å². The molecule has 0 aliphatic rings. The van der Waals surface area contributed by atoms with Gasteiger partial charge in [-0.25, -0.2) is 13.4 Å². The molecule has 0 aliphatic carbocycles. The summed E-state index contributed by atoms with van der Waals surface area (Å²) >= 11 is 0. The zero-order valence-electron chi connectivity index (χ0n) is 18.8. The van der Waals surface area contributed by atoms with Gasteiger partial charge in [-0.05, 0) is 42.3 Å². The molecule has 4 aromatic rings. The summed E-state index contributed by atoms with van der Waals surface area (Å²) in [6.07, 6.45) is 1.36. The van der Waals surface area contributed by atoms with Gasteiger partial charge in [-0.3, -0.25) is 4.79 Å². The molecular formula is C27H25N3O3S. The van der Waals surface area contributed by atoms with Crippen LogP contribution in [0, 0.1) is 0 Å². The van der Waals surface area contributed by atoms with Gasteiger partial charge in [0.15, 0.2) is 5.78 Å². The Morgan fingerprint density at radius 1 is 0.824 bits per heavy atom. The fraction of sp³-hybridized carbons (Fsp3) is 0.111. The van der Waals surface area contributed by atoms with Crippen LogP contribution in [0.25, 0.3) is 0 Å². The summed E-state index contributed by atoms with van der Waals surface area (Å²) in [7, 11) is -3.81. The molecule has 6 nitrogen and oxygen atoms in total. The zero-order valence-corrected chi connectivity index (χ0v) is 19.6. The van der Waals surface area contributed by atoms with E-state index in [1.54, 1.807) is 30.3 Å². The van der Waals surface area contributed by atoms with Crippen molar-refractivity contribution in [3.8, 4) is 0 Å². The fourth-order valence-electron chi connectivity index (χ4n) is 3.52. The molecule has 0 fully saturated rings. The van der Waals surface area contributed by atoms with Gasteiger partial charge in [-0.2, -0.15) is 4.31 Å². The van der Waals surface area contributed by atoms with Gasteiger partial charge < -0.3 is 5.32 Å². The first kappa shape index (κ1) is 23.4. The lowest BCUT2D eigenvalue weighted by Gasteiger charge is -2.22. The molecule has 1 heterocycles. The lowest BCUT2D eigenvalue weighted by atomic mass is 10.1. The van der Waals surface area contributed by atoms with Crippen LogP contribution in [0.5, 0.6) is 0 Å². The molecule has 0 aliphatic heterocycles. The van der Waals surface area contributed by atoms with Crippen molar-refractivity contribution in [3.63, 3.8) is 0 Å². The average molecular weight is 472 g/mol. The van der Waals surface area contributed by atoms with Crippen LogP contribution in [0.2, 0.25) is 0 Å². The number of pyridine rings is 1. The first-order chi connectivity index (χ1) is 16.4. The van der Waals surface area contributed by atoms with Crippen LogP contribution in [-0.4, -0.2) is 23.5 Å². The molecule has 0 saturated carbocycles.